The van der Waals surface area contributed by atoms with Gasteiger partial charge in [0.2, 0.25) is 0 Å². The Labute approximate surface area is 204 Å². The van der Waals surface area contributed by atoms with Crippen LogP contribution in [0, 0.1) is 19.8 Å². The number of hydrogen-bond donors (Lipinski definition) is 0. The van der Waals surface area contributed by atoms with Crippen LogP contribution in [0.5, 0.6) is 0 Å². The maximum atomic E-state index is 14.1. The standard InChI is InChI=1S/C28H25NO5S/c1-4-34-28(31)25-23(19-13-9-17(2)10-14-19)26-24(27(25)30)21-7-5-6-8-22(21)29(26)35(32,33)20-15-11-18(3)12-16-20/h5-16,23,25H,4H2,1-3H3/t23-,25-/m0/s1. The molecule has 1 aromatic heterocycles. The number of rotatable bonds is 5. The smallest absolute Gasteiger partial charge is 0.317 e. The van der Waals surface area contributed by atoms with E-state index in [-0.39, 0.29) is 17.1 Å². The molecule has 0 saturated carbocycles. The van der Waals surface area contributed by atoms with Gasteiger partial charge in [-0.15, -0.1) is 0 Å². The largest absolute Gasteiger partial charge is 0.465 e. The highest BCUT2D eigenvalue weighted by molar-refractivity contribution is 7.90. The van der Waals surface area contributed by atoms with Gasteiger partial charge in [-0.25, -0.2) is 12.4 Å². The summed E-state index contributed by atoms with van der Waals surface area (Å²) in [5.74, 6) is -3.03. The number of carbonyl (C=O) groups is 2. The Morgan fingerprint density at radius 2 is 1.51 bits per heavy atom. The first-order valence-corrected chi connectivity index (χ1v) is 12.9. The fourth-order valence-corrected chi connectivity index (χ4v) is 6.48. The zero-order valence-electron chi connectivity index (χ0n) is 19.7. The Hall–Kier alpha value is -3.71. The van der Waals surface area contributed by atoms with Gasteiger partial charge in [-0.2, -0.15) is 0 Å². The Morgan fingerprint density at radius 3 is 2.14 bits per heavy atom. The van der Waals surface area contributed by atoms with Crippen molar-refractivity contribution in [1.29, 1.82) is 0 Å². The van der Waals surface area contributed by atoms with Gasteiger partial charge in [0.05, 0.1) is 22.7 Å². The molecule has 0 unspecified atom stereocenters. The van der Waals surface area contributed by atoms with Crippen LogP contribution in [0.3, 0.4) is 0 Å². The minimum absolute atomic E-state index is 0.112. The van der Waals surface area contributed by atoms with E-state index in [1.54, 1.807) is 55.5 Å². The van der Waals surface area contributed by atoms with E-state index in [0.717, 1.165) is 11.1 Å². The number of hydrogen-bond acceptors (Lipinski definition) is 5. The number of ketones is 1. The summed E-state index contributed by atoms with van der Waals surface area (Å²) < 4.78 is 34.7. The molecule has 35 heavy (non-hydrogen) atoms. The summed E-state index contributed by atoms with van der Waals surface area (Å²) in [4.78, 5) is 27.0. The Balaban J connectivity index is 1.86. The van der Waals surface area contributed by atoms with Crippen LogP contribution in [-0.2, 0) is 19.6 Å². The number of carbonyl (C=O) groups excluding carboxylic acids is 2. The van der Waals surface area contributed by atoms with Gasteiger partial charge in [-0.1, -0.05) is 65.7 Å². The molecule has 0 spiro atoms. The molecule has 0 fully saturated rings. The van der Waals surface area contributed by atoms with Crippen molar-refractivity contribution in [2.24, 2.45) is 5.92 Å². The second-order valence-corrected chi connectivity index (χ2v) is 10.6. The first-order chi connectivity index (χ1) is 16.8. The van der Waals surface area contributed by atoms with Gasteiger partial charge in [0.15, 0.2) is 5.78 Å². The molecule has 3 aromatic carbocycles. The minimum Gasteiger partial charge on any atom is -0.465 e. The number of ether oxygens (including phenoxy) is 1. The molecular formula is C28H25NO5S. The lowest BCUT2D eigenvalue weighted by Gasteiger charge is -2.22. The number of para-hydroxylation sites is 1. The summed E-state index contributed by atoms with van der Waals surface area (Å²) in [5.41, 5.74) is 3.61. The number of benzene rings is 3. The van der Waals surface area contributed by atoms with Crippen LogP contribution in [0.2, 0.25) is 0 Å². The second kappa shape index (κ2) is 8.50. The molecule has 4 aromatic rings. The lowest BCUT2D eigenvalue weighted by Crippen LogP contribution is -2.28. The predicted octanol–water partition coefficient (Wildman–Crippen LogP) is 5.00. The third kappa shape index (κ3) is 3.58. The normalized spacial score (nSPS) is 17.5. The van der Waals surface area contributed by atoms with Crippen molar-refractivity contribution in [2.75, 3.05) is 6.61 Å². The van der Waals surface area contributed by atoms with Crippen molar-refractivity contribution in [3.8, 4) is 0 Å². The van der Waals surface area contributed by atoms with Gasteiger partial charge in [0, 0.05) is 16.9 Å². The summed E-state index contributed by atoms with van der Waals surface area (Å²) >= 11 is 0. The third-order valence-electron chi connectivity index (χ3n) is 6.56. The van der Waals surface area contributed by atoms with Crippen molar-refractivity contribution in [3.63, 3.8) is 0 Å². The molecule has 0 N–H and O–H groups in total. The lowest BCUT2D eigenvalue weighted by atomic mass is 9.87. The van der Waals surface area contributed by atoms with E-state index in [1.807, 2.05) is 38.1 Å². The molecule has 178 valence electrons. The summed E-state index contributed by atoms with van der Waals surface area (Å²) in [6, 6.07) is 21.0. The number of nitrogens with zero attached hydrogens (tertiary/aromatic N) is 1. The number of Topliss-reactive ketones (excluding diaryl/α,β-unsaturated/α-hetero) is 1. The maximum Gasteiger partial charge on any atom is 0.317 e. The van der Waals surface area contributed by atoms with Crippen LogP contribution in [0.15, 0.2) is 77.7 Å². The molecule has 0 amide bonds. The average molecular weight is 488 g/mol. The van der Waals surface area contributed by atoms with Crippen LogP contribution in [0.4, 0.5) is 0 Å². The molecule has 1 aliphatic carbocycles. The topological polar surface area (TPSA) is 82.4 Å². The second-order valence-electron chi connectivity index (χ2n) is 8.84. The quantitative estimate of drug-likeness (QED) is 0.292. The van der Waals surface area contributed by atoms with Crippen LogP contribution in [0.25, 0.3) is 10.9 Å². The number of fused-ring (bicyclic) bond motifs is 3. The van der Waals surface area contributed by atoms with Crippen molar-refractivity contribution in [3.05, 3.63) is 101 Å². The molecule has 5 rings (SSSR count). The number of aryl methyl sites for hydroxylation is 2. The Kier molecular flexibility index (Phi) is 5.60. The summed E-state index contributed by atoms with van der Waals surface area (Å²) in [5, 5.41) is 0.507. The fourth-order valence-electron chi connectivity index (χ4n) is 4.91. The average Bonchev–Trinajstić information content (AvgIpc) is 3.33. The van der Waals surface area contributed by atoms with Crippen LogP contribution >= 0.6 is 0 Å². The number of esters is 1. The molecule has 1 heterocycles. The van der Waals surface area contributed by atoms with Crippen LogP contribution in [0.1, 0.15) is 45.6 Å². The van der Waals surface area contributed by atoms with Crippen molar-refractivity contribution in [1.82, 2.24) is 3.97 Å². The molecule has 0 aliphatic heterocycles. The van der Waals surface area contributed by atoms with Gasteiger partial charge >= 0.3 is 5.97 Å². The zero-order valence-corrected chi connectivity index (χ0v) is 20.5. The number of aromatic nitrogens is 1. The summed E-state index contributed by atoms with van der Waals surface area (Å²) in [6.07, 6.45) is 0. The van der Waals surface area contributed by atoms with Crippen molar-refractivity contribution in [2.45, 2.75) is 31.6 Å². The summed E-state index contributed by atoms with van der Waals surface area (Å²) in [7, 11) is -4.09. The van der Waals surface area contributed by atoms with E-state index < -0.39 is 33.6 Å². The van der Waals surface area contributed by atoms with E-state index in [9.17, 15) is 18.0 Å². The molecule has 7 heteroatoms. The SMILES string of the molecule is CCOC(=O)[C@@H]1C(=O)c2c(n(S(=O)(=O)c3ccc(C)cc3)c3ccccc23)[C@H]1c1ccc(C)cc1. The zero-order chi connectivity index (χ0) is 24.9. The van der Waals surface area contributed by atoms with E-state index in [2.05, 4.69) is 0 Å². The van der Waals surface area contributed by atoms with Crippen molar-refractivity contribution < 1.29 is 22.7 Å². The molecule has 0 saturated heterocycles. The third-order valence-corrected chi connectivity index (χ3v) is 8.30. The van der Waals surface area contributed by atoms with Gasteiger partial charge < -0.3 is 4.74 Å². The highest BCUT2D eigenvalue weighted by atomic mass is 32.2. The van der Waals surface area contributed by atoms with E-state index in [1.165, 1.54) is 3.97 Å². The van der Waals surface area contributed by atoms with Gasteiger partial charge in [0.1, 0.15) is 5.92 Å². The molecule has 6 nitrogen and oxygen atoms in total. The van der Waals surface area contributed by atoms with Crippen LogP contribution < -0.4 is 0 Å². The molecule has 1 aliphatic rings. The fraction of sp³-hybridized carbons (Fsp3) is 0.214. The van der Waals surface area contributed by atoms with E-state index in [4.69, 9.17) is 4.74 Å². The highest BCUT2D eigenvalue weighted by Gasteiger charge is 2.51. The predicted molar refractivity (Wildman–Crippen MR) is 133 cm³/mol. The van der Waals surface area contributed by atoms with Crippen LogP contribution in [-0.4, -0.2) is 30.7 Å². The first-order valence-electron chi connectivity index (χ1n) is 11.5. The van der Waals surface area contributed by atoms with E-state index in [0.29, 0.717) is 22.2 Å². The van der Waals surface area contributed by atoms with Crippen molar-refractivity contribution >= 4 is 32.7 Å². The lowest BCUT2D eigenvalue weighted by molar-refractivity contribution is -0.146. The molecule has 2 atom stereocenters. The van der Waals surface area contributed by atoms with Gasteiger partial charge in [-0.3, -0.25) is 9.59 Å². The highest BCUT2D eigenvalue weighted by Crippen LogP contribution is 2.48. The monoisotopic (exact) mass is 487 g/mol. The van der Waals surface area contributed by atoms with Gasteiger partial charge in [-0.05, 0) is 44.5 Å². The Morgan fingerprint density at radius 1 is 0.914 bits per heavy atom. The van der Waals surface area contributed by atoms with Gasteiger partial charge in [0.25, 0.3) is 10.0 Å². The Bertz CT molecular complexity index is 1560. The van der Waals surface area contributed by atoms with E-state index >= 15 is 0 Å². The molecule has 0 radical (unpaired) electrons. The molecular weight excluding hydrogens is 462 g/mol. The maximum absolute atomic E-state index is 14.1. The minimum atomic E-state index is -4.09. The first kappa shape index (κ1) is 23.1. The molecule has 0 bridgehead atoms. The summed E-state index contributed by atoms with van der Waals surface area (Å²) in [6.45, 7) is 5.63.